The van der Waals surface area contributed by atoms with Gasteiger partial charge < -0.3 is 5.32 Å². The highest BCUT2D eigenvalue weighted by molar-refractivity contribution is 8.01. The van der Waals surface area contributed by atoms with Crippen molar-refractivity contribution in [2.45, 2.75) is 57.0 Å². The Morgan fingerprint density at radius 2 is 2.05 bits per heavy atom. The molecule has 1 aliphatic heterocycles. The molecule has 1 atom stereocenters. The topological polar surface area (TPSA) is 66.5 Å². The van der Waals surface area contributed by atoms with Gasteiger partial charge in [-0.15, -0.1) is 11.8 Å². The highest BCUT2D eigenvalue weighted by atomic mass is 32.2. The third-order valence-corrected chi connectivity index (χ3v) is 4.19. The first-order valence-electron chi connectivity index (χ1n) is 7.03. The first kappa shape index (κ1) is 17.0. The number of nitrogens with one attached hydrogen (secondary N) is 1. The van der Waals surface area contributed by atoms with Gasteiger partial charge in [0.05, 0.1) is 5.25 Å². The molecule has 1 saturated heterocycles. The van der Waals surface area contributed by atoms with Crippen molar-refractivity contribution in [3.8, 4) is 0 Å². The number of carbonyl (C=O) groups excluding carboxylic acids is 3. The average molecular weight is 300 g/mol. The van der Waals surface area contributed by atoms with E-state index in [-0.39, 0.29) is 47.1 Å². The van der Waals surface area contributed by atoms with Crippen LogP contribution in [0.1, 0.15) is 47.0 Å². The minimum Gasteiger partial charge on any atom is -0.356 e. The van der Waals surface area contributed by atoms with E-state index in [1.807, 2.05) is 27.7 Å². The van der Waals surface area contributed by atoms with Crippen molar-refractivity contribution in [1.82, 2.24) is 10.2 Å². The van der Waals surface area contributed by atoms with Gasteiger partial charge in [0, 0.05) is 30.7 Å². The van der Waals surface area contributed by atoms with Gasteiger partial charge in [0.15, 0.2) is 0 Å². The molecule has 0 bridgehead atoms. The number of amides is 3. The van der Waals surface area contributed by atoms with Crippen molar-refractivity contribution in [3.63, 3.8) is 0 Å². The molecule has 1 heterocycles. The van der Waals surface area contributed by atoms with Crippen LogP contribution in [0.2, 0.25) is 0 Å². The monoisotopic (exact) mass is 300 g/mol. The Morgan fingerprint density at radius 3 is 2.60 bits per heavy atom. The van der Waals surface area contributed by atoms with E-state index < -0.39 is 0 Å². The lowest BCUT2D eigenvalue weighted by atomic mass is 10.3. The molecule has 1 rings (SSSR count). The fraction of sp³-hybridized carbons (Fsp3) is 0.786. The standard InChI is InChI=1S/C14H24N2O3S/c1-5-7-15-11(17)6-8-16-12(18)9-10(13(16)19)20-14(2,3)4/h10H,5-9H2,1-4H3,(H,15,17). The van der Waals surface area contributed by atoms with Gasteiger partial charge in [-0.3, -0.25) is 19.3 Å². The predicted molar refractivity (Wildman–Crippen MR) is 80.4 cm³/mol. The van der Waals surface area contributed by atoms with Crippen LogP contribution in [0.3, 0.4) is 0 Å². The summed E-state index contributed by atoms with van der Waals surface area (Å²) in [5.41, 5.74) is 0. The number of carbonyl (C=O) groups is 3. The molecule has 0 saturated carbocycles. The fourth-order valence-electron chi connectivity index (χ4n) is 1.97. The lowest BCUT2D eigenvalue weighted by Crippen LogP contribution is -2.36. The molecule has 3 amide bonds. The number of hydrogen-bond donors (Lipinski definition) is 1. The second kappa shape index (κ2) is 7.11. The van der Waals surface area contributed by atoms with Crippen LogP contribution in [0, 0.1) is 0 Å². The van der Waals surface area contributed by atoms with Gasteiger partial charge in [0.1, 0.15) is 0 Å². The summed E-state index contributed by atoms with van der Waals surface area (Å²) in [5, 5.41) is 2.44. The highest BCUT2D eigenvalue weighted by Gasteiger charge is 2.40. The SMILES string of the molecule is CCCNC(=O)CCN1C(=O)CC(SC(C)(C)C)C1=O. The Kier molecular flexibility index (Phi) is 6.05. The Morgan fingerprint density at radius 1 is 1.40 bits per heavy atom. The maximum absolute atomic E-state index is 12.2. The van der Waals surface area contributed by atoms with Gasteiger partial charge in [-0.25, -0.2) is 0 Å². The quantitative estimate of drug-likeness (QED) is 0.756. The van der Waals surface area contributed by atoms with Crippen LogP contribution in [0.5, 0.6) is 0 Å². The van der Waals surface area contributed by atoms with Crippen LogP contribution in [-0.2, 0) is 14.4 Å². The van der Waals surface area contributed by atoms with E-state index in [4.69, 9.17) is 0 Å². The number of hydrogen-bond acceptors (Lipinski definition) is 4. The minimum absolute atomic E-state index is 0.0604. The van der Waals surface area contributed by atoms with Crippen molar-refractivity contribution in [1.29, 1.82) is 0 Å². The molecular formula is C14H24N2O3S. The molecule has 1 unspecified atom stereocenters. The summed E-state index contributed by atoms with van der Waals surface area (Å²) in [7, 11) is 0. The van der Waals surface area contributed by atoms with Crippen LogP contribution < -0.4 is 5.32 Å². The Balaban J connectivity index is 2.49. The van der Waals surface area contributed by atoms with Crippen LogP contribution >= 0.6 is 11.8 Å². The van der Waals surface area contributed by atoms with E-state index in [1.165, 1.54) is 16.7 Å². The second-order valence-corrected chi connectivity index (χ2v) is 7.94. The highest BCUT2D eigenvalue weighted by Crippen LogP contribution is 2.34. The van der Waals surface area contributed by atoms with Gasteiger partial charge in [-0.05, 0) is 6.42 Å². The summed E-state index contributed by atoms with van der Waals surface area (Å²) in [6.45, 7) is 8.86. The normalized spacial score (nSPS) is 19.6. The molecule has 6 heteroatoms. The van der Waals surface area contributed by atoms with Crippen molar-refractivity contribution in [2.75, 3.05) is 13.1 Å². The van der Waals surface area contributed by atoms with Crippen molar-refractivity contribution in [3.05, 3.63) is 0 Å². The van der Waals surface area contributed by atoms with E-state index in [0.717, 1.165) is 6.42 Å². The van der Waals surface area contributed by atoms with Crippen LogP contribution in [-0.4, -0.2) is 45.7 Å². The van der Waals surface area contributed by atoms with Crippen LogP contribution in [0.25, 0.3) is 0 Å². The van der Waals surface area contributed by atoms with Crippen LogP contribution in [0.15, 0.2) is 0 Å². The number of nitrogens with zero attached hydrogens (tertiary/aromatic N) is 1. The predicted octanol–water partition coefficient (Wildman–Crippen LogP) is 1.56. The molecule has 0 aliphatic carbocycles. The van der Waals surface area contributed by atoms with E-state index >= 15 is 0 Å². The van der Waals surface area contributed by atoms with Gasteiger partial charge in [-0.1, -0.05) is 27.7 Å². The molecule has 0 aromatic carbocycles. The van der Waals surface area contributed by atoms with E-state index in [2.05, 4.69) is 5.32 Å². The summed E-state index contributed by atoms with van der Waals surface area (Å²) >= 11 is 1.52. The smallest absolute Gasteiger partial charge is 0.242 e. The Bertz CT molecular complexity index is 390. The molecule has 0 aromatic heterocycles. The molecule has 0 aromatic rings. The lowest BCUT2D eigenvalue weighted by molar-refractivity contribution is -0.138. The number of thioether (sulfide) groups is 1. The molecule has 1 N–H and O–H groups in total. The summed E-state index contributed by atoms with van der Waals surface area (Å²) in [6, 6.07) is 0. The van der Waals surface area contributed by atoms with Gasteiger partial charge in [0.2, 0.25) is 17.7 Å². The maximum atomic E-state index is 12.2. The minimum atomic E-state index is -0.304. The van der Waals surface area contributed by atoms with Gasteiger partial charge in [0.25, 0.3) is 0 Å². The molecule has 1 fully saturated rings. The van der Waals surface area contributed by atoms with Gasteiger partial charge >= 0.3 is 0 Å². The number of imide groups is 1. The van der Waals surface area contributed by atoms with E-state index in [1.54, 1.807) is 0 Å². The Hall–Kier alpha value is -1.04. The molecular weight excluding hydrogens is 276 g/mol. The average Bonchev–Trinajstić information content (AvgIpc) is 2.57. The maximum Gasteiger partial charge on any atom is 0.242 e. The zero-order valence-electron chi connectivity index (χ0n) is 12.7. The van der Waals surface area contributed by atoms with Crippen LogP contribution in [0.4, 0.5) is 0 Å². The van der Waals surface area contributed by atoms with Gasteiger partial charge in [-0.2, -0.15) is 0 Å². The third-order valence-electron chi connectivity index (χ3n) is 2.83. The molecule has 5 nitrogen and oxygen atoms in total. The Labute approximate surface area is 124 Å². The van der Waals surface area contributed by atoms with E-state index in [9.17, 15) is 14.4 Å². The zero-order chi connectivity index (χ0) is 15.3. The summed E-state index contributed by atoms with van der Waals surface area (Å²) in [5.74, 6) is -0.433. The molecule has 0 radical (unpaired) electrons. The molecule has 114 valence electrons. The fourth-order valence-corrected chi connectivity index (χ4v) is 3.28. The summed E-state index contributed by atoms with van der Waals surface area (Å²) < 4.78 is -0.0604. The molecule has 20 heavy (non-hydrogen) atoms. The lowest BCUT2D eigenvalue weighted by Gasteiger charge is -2.21. The molecule has 1 aliphatic rings. The molecule has 0 spiro atoms. The zero-order valence-corrected chi connectivity index (χ0v) is 13.5. The number of rotatable bonds is 6. The largest absolute Gasteiger partial charge is 0.356 e. The summed E-state index contributed by atoms with van der Waals surface area (Å²) in [6.07, 6.45) is 1.30. The number of likely N-dealkylation sites (tertiary alicyclic amines) is 1. The first-order valence-corrected chi connectivity index (χ1v) is 7.91. The van der Waals surface area contributed by atoms with E-state index in [0.29, 0.717) is 6.54 Å². The van der Waals surface area contributed by atoms with Crippen molar-refractivity contribution < 1.29 is 14.4 Å². The third kappa shape index (κ3) is 5.15. The second-order valence-electron chi connectivity index (χ2n) is 5.91. The summed E-state index contributed by atoms with van der Waals surface area (Å²) in [4.78, 5) is 36.8. The van der Waals surface area contributed by atoms with Crippen molar-refractivity contribution in [2.24, 2.45) is 0 Å². The first-order chi connectivity index (χ1) is 9.24. The van der Waals surface area contributed by atoms with Crippen molar-refractivity contribution >= 4 is 29.5 Å².